The molecule has 0 radical (unpaired) electrons. The predicted molar refractivity (Wildman–Crippen MR) is 60.3 cm³/mol. The lowest BCUT2D eigenvalue weighted by Gasteiger charge is -2.11. The van der Waals surface area contributed by atoms with Crippen molar-refractivity contribution in [2.45, 2.75) is 27.2 Å². The first-order valence-electron chi connectivity index (χ1n) is 4.37. The highest BCUT2D eigenvalue weighted by molar-refractivity contribution is 6.35. The summed E-state index contributed by atoms with van der Waals surface area (Å²) < 4.78 is 0. The lowest BCUT2D eigenvalue weighted by molar-refractivity contribution is -0.116. The van der Waals surface area contributed by atoms with Gasteiger partial charge in [0.25, 0.3) is 0 Å². The van der Waals surface area contributed by atoms with Gasteiger partial charge in [0.15, 0.2) is 0 Å². The molecule has 0 aromatic heterocycles. The number of carbonyl (C=O) groups excluding carboxylic acids is 1. The van der Waals surface area contributed by atoms with Crippen LogP contribution >= 0.6 is 23.2 Å². The molecule has 0 fully saturated rings. The SMILES string of the molecule is CC(=O)Cc1c(C)c(Cl)cc(Cl)c1C. The average molecular weight is 231 g/mol. The largest absolute Gasteiger partial charge is 0.300 e. The zero-order chi connectivity index (χ0) is 10.9. The molecule has 0 amide bonds. The fraction of sp³-hybridized carbons (Fsp3) is 0.364. The summed E-state index contributed by atoms with van der Waals surface area (Å²) in [6, 6.07) is 1.72. The molecule has 0 saturated heterocycles. The van der Waals surface area contributed by atoms with E-state index in [1.807, 2.05) is 13.8 Å². The Morgan fingerprint density at radius 2 is 1.64 bits per heavy atom. The van der Waals surface area contributed by atoms with Gasteiger partial charge < -0.3 is 0 Å². The molecule has 1 nitrogen and oxygen atoms in total. The molecular weight excluding hydrogens is 219 g/mol. The van der Waals surface area contributed by atoms with Gasteiger partial charge in [0, 0.05) is 16.5 Å². The maximum Gasteiger partial charge on any atom is 0.134 e. The van der Waals surface area contributed by atoms with E-state index in [0.29, 0.717) is 16.5 Å². The molecule has 1 aromatic carbocycles. The maximum absolute atomic E-state index is 11.1. The highest BCUT2D eigenvalue weighted by Crippen LogP contribution is 2.29. The van der Waals surface area contributed by atoms with Crippen molar-refractivity contribution < 1.29 is 4.79 Å². The topological polar surface area (TPSA) is 17.1 Å². The van der Waals surface area contributed by atoms with Crippen LogP contribution in [0.2, 0.25) is 10.0 Å². The van der Waals surface area contributed by atoms with Crippen LogP contribution < -0.4 is 0 Å². The monoisotopic (exact) mass is 230 g/mol. The summed E-state index contributed by atoms with van der Waals surface area (Å²) >= 11 is 12.0. The third kappa shape index (κ3) is 2.28. The number of ketones is 1. The van der Waals surface area contributed by atoms with Gasteiger partial charge in [-0.2, -0.15) is 0 Å². The van der Waals surface area contributed by atoms with Crippen molar-refractivity contribution in [2.24, 2.45) is 0 Å². The second kappa shape index (κ2) is 4.33. The van der Waals surface area contributed by atoms with Crippen molar-refractivity contribution in [3.8, 4) is 0 Å². The second-order valence-corrected chi connectivity index (χ2v) is 4.26. The zero-order valence-corrected chi connectivity index (χ0v) is 9.96. The van der Waals surface area contributed by atoms with Gasteiger partial charge in [0.05, 0.1) is 0 Å². The highest BCUT2D eigenvalue weighted by Gasteiger charge is 2.11. The lowest BCUT2D eigenvalue weighted by atomic mass is 9.98. The van der Waals surface area contributed by atoms with Crippen LogP contribution in [0.5, 0.6) is 0 Å². The van der Waals surface area contributed by atoms with Gasteiger partial charge in [0.2, 0.25) is 0 Å². The Morgan fingerprint density at radius 1 is 1.21 bits per heavy atom. The van der Waals surface area contributed by atoms with Crippen molar-refractivity contribution in [3.05, 3.63) is 32.8 Å². The smallest absolute Gasteiger partial charge is 0.134 e. The quantitative estimate of drug-likeness (QED) is 0.757. The molecule has 0 unspecified atom stereocenters. The van der Waals surface area contributed by atoms with Gasteiger partial charge in [-0.1, -0.05) is 23.2 Å². The average Bonchev–Trinajstić information content (AvgIpc) is 2.09. The van der Waals surface area contributed by atoms with Gasteiger partial charge in [-0.3, -0.25) is 4.79 Å². The van der Waals surface area contributed by atoms with Gasteiger partial charge >= 0.3 is 0 Å². The molecule has 0 N–H and O–H groups in total. The third-order valence-corrected chi connectivity index (χ3v) is 3.09. The Bertz CT molecular complexity index is 357. The molecule has 0 aliphatic heterocycles. The molecule has 0 atom stereocenters. The summed E-state index contributed by atoms with van der Waals surface area (Å²) in [6.07, 6.45) is 0.401. The molecule has 0 saturated carbocycles. The second-order valence-electron chi connectivity index (χ2n) is 3.45. The Balaban J connectivity index is 3.31. The first kappa shape index (κ1) is 11.5. The van der Waals surface area contributed by atoms with Gasteiger partial charge in [-0.25, -0.2) is 0 Å². The summed E-state index contributed by atoms with van der Waals surface area (Å²) in [4.78, 5) is 11.1. The van der Waals surface area contributed by atoms with E-state index in [0.717, 1.165) is 16.7 Å². The first-order valence-corrected chi connectivity index (χ1v) is 5.12. The number of Topliss-reactive ketones (excluding diaryl/α,β-unsaturated/α-hetero) is 1. The van der Waals surface area contributed by atoms with E-state index in [9.17, 15) is 4.79 Å². The molecule has 14 heavy (non-hydrogen) atoms. The molecule has 3 heteroatoms. The minimum Gasteiger partial charge on any atom is -0.300 e. The van der Waals surface area contributed by atoms with Crippen LogP contribution in [0.15, 0.2) is 6.07 Å². The Morgan fingerprint density at radius 3 is 2.00 bits per heavy atom. The van der Waals surface area contributed by atoms with Crippen LogP contribution in [0, 0.1) is 13.8 Å². The van der Waals surface area contributed by atoms with Gasteiger partial charge in [-0.15, -0.1) is 0 Å². The van der Waals surface area contributed by atoms with E-state index in [4.69, 9.17) is 23.2 Å². The number of rotatable bonds is 2. The fourth-order valence-corrected chi connectivity index (χ4v) is 1.91. The Hall–Kier alpha value is -0.530. The number of halogens is 2. The van der Waals surface area contributed by atoms with Crippen molar-refractivity contribution in [1.29, 1.82) is 0 Å². The first-order chi connectivity index (χ1) is 6.43. The standard InChI is InChI=1S/C11H12Cl2O/c1-6(14)4-9-7(2)10(12)5-11(13)8(9)3/h5H,4H2,1-3H3. The van der Waals surface area contributed by atoms with Crippen molar-refractivity contribution in [1.82, 2.24) is 0 Å². The zero-order valence-electron chi connectivity index (χ0n) is 8.45. The minimum atomic E-state index is 0.120. The van der Waals surface area contributed by atoms with Crippen LogP contribution in [-0.2, 0) is 11.2 Å². The third-order valence-electron chi connectivity index (χ3n) is 2.30. The number of hydrogen-bond acceptors (Lipinski definition) is 1. The van der Waals surface area contributed by atoms with E-state index in [1.54, 1.807) is 13.0 Å². The van der Waals surface area contributed by atoms with Crippen molar-refractivity contribution >= 4 is 29.0 Å². The molecule has 0 bridgehead atoms. The predicted octanol–water partition coefficient (Wildman–Crippen LogP) is 3.74. The Kier molecular flexibility index (Phi) is 3.57. The van der Waals surface area contributed by atoms with E-state index < -0.39 is 0 Å². The molecular formula is C11H12Cl2O. The molecule has 1 rings (SSSR count). The number of benzene rings is 1. The number of hydrogen-bond donors (Lipinski definition) is 0. The van der Waals surface area contributed by atoms with E-state index in [-0.39, 0.29) is 5.78 Å². The van der Waals surface area contributed by atoms with Crippen LogP contribution in [0.4, 0.5) is 0 Å². The summed E-state index contributed by atoms with van der Waals surface area (Å²) in [6.45, 7) is 5.38. The molecule has 0 heterocycles. The molecule has 76 valence electrons. The Labute approximate surface area is 94.0 Å². The minimum absolute atomic E-state index is 0.120. The van der Waals surface area contributed by atoms with Gasteiger partial charge in [0.1, 0.15) is 5.78 Å². The van der Waals surface area contributed by atoms with E-state index in [1.165, 1.54) is 0 Å². The van der Waals surface area contributed by atoms with Crippen LogP contribution in [0.3, 0.4) is 0 Å². The molecule has 0 aliphatic carbocycles. The number of carbonyl (C=O) groups is 1. The van der Waals surface area contributed by atoms with Crippen LogP contribution in [-0.4, -0.2) is 5.78 Å². The summed E-state index contributed by atoms with van der Waals surface area (Å²) in [5.74, 6) is 0.120. The fourth-order valence-electron chi connectivity index (χ4n) is 1.41. The van der Waals surface area contributed by atoms with Crippen LogP contribution in [0.25, 0.3) is 0 Å². The summed E-state index contributed by atoms with van der Waals surface area (Å²) in [5.41, 5.74) is 2.85. The summed E-state index contributed by atoms with van der Waals surface area (Å²) in [7, 11) is 0. The lowest BCUT2D eigenvalue weighted by Crippen LogP contribution is -2.02. The van der Waals surface area contributed by atoms with Crippen molar-refractivity contribution in [2.75, 3.05) is 0 Å². The van der Waals surface area contributed by atoms with Crippen LogP contribution in [0.1, 0.15) is 23.6 Å². The van der Waals surface area contributed by atoms with E-state index in [2.05, 4.69) is 0 Å². The highest BCUT2D eigenvalue weighted by atomic mass is 35.5. The molecule has 0 spiro atoms. The molecule has 1 aromatic rings. The van der Waals surface area contributed by atoms with Gasteiger partial charge in [-0.05, 0) is 43.5 Å². The molecule has 0 aliphatic rings. The van der Waals surface area contributed by atoms with E-state index >= 15 is 0 Å². The van der Waals surface area contributed by atoms with Crippen molar-refractivity contribution in [3.63, 3.8) is 0 Å². The maximum atomic E-state index is 11.1. The summed E-state index contributed by atoms with van der Waals surface area (Å²) in [5, 5.41) is 1.24. The normalized spacial score (nSPS) is 10.4.